The lowest BCUT2D eigenvalue weighted by molar-refractivity contribution is 0.948. The summed E-state index contributed by atoms with van der Waals surface area (Å²) < 4.78 is 1.97. The zero-order chi connectivity index (χ0) is 11.1. The van der Waals surface area contributed by atoms with Gasteiger partial charge in [-0.2, -0.15) is 0 Å². The summed E-state index contributed by atoms with van der Waals surface area (Å²) in [6.07, 6.45) is 1.78. The van der Waals surface area contributed by atoms with E-state index in [1.165, 1.54) is 11.3 Å². The molecule has 0 bridgehead atoms. The maximum absolute atomic E-state index is 11.1. The average molecular weight is 231 g/mol. The summed E-state index contributed by atoms with van der Waals surface area (Å²) in [5.74, 6) is 0. The Morgan fingerprint density at radius 1 is 1.44 bits per heavy atom. The molecule has 80 valence electrons. The molecule has 1 aromatic carbocycles. The van der Waals surface area contributed by atoms with Gasteiger partial charge < -0.3 is 9.55 Å². The van der Waals surface area contributed by atoms with Crippen LogP contribution in [-0.2, 0) is 7.05 Å². The van der Waals surface area contributed by atoms with E-state index in [1.54, 1.807) is 6.33 Å². The van der Waals surface area contributed by atoms with E-state index >= 15 is 0 Å². The fourth-order valence-electron chi connectivity index (χ4n) is 1.73. The van der Waals surface area contributed by atoms with Crippen molar-refractivity contribution in [3.63, 3.8) is 0 Å². The van der Waals surface area contributed by atoms with Crippen LogP contribution in [0, 0.1) is 0 Å². The van der Waals surface area contributed by atoms with E-state index in [9.17, 15) is 4.79 Å². The minimum absolute atomic E-state index is 0.0314. The minimum atomic E-state index is -0.0314. The van der Waals surface area contributed by atoms with Crippen molar-refractivity contribution < 1.29 is 0 Å². The molecule has 0 aliphatic carbocycles. The topological polar surface area (TPSA) is 50.7 Å². The van der Waals surface area contributed by atoms with Crippen molar-refractivity contribution in [2.45, 2.75) is 0 Å². The number of nitrogens with zero attached hydrogens (tertiary/aromatic N) is 2. The zero-order valence-corrected chi connectivity index (χ0v) is 9.41. The van der Waals surface area contributed by atoms with E-state index in [0.29, 0.717) is 0 Å². The zero-order valence-electron chi connectivity index (χ0n) is 8.60. The number of aromatic nitrogens is 3. The Morgan fingerprint density at radius 3 is 3.06 bits per heavy atom. The average Bonchev–Trinajstić information content (AvgIpc) is 2.86. The Bertz CT molecular complexity index is 707. The Balaban J connectivity index is 2.22. The summed E-state index contributed by atoms with van der Waals surface area (Å²) in [7, 11) is 1.96. The molecule has 16 heavy (non-hydrogen) atoms. The number of hydrogen-bond acceptors (Lipinski definition) is 3. The largest absolute Gasteiger partial charge is 0.334 e. The number of imidazole rings is 1. The molecular weight excluding hydrogens is 222 g/mol. The first-order chi connectivity index (χ1) is 7.74. The van der Waals surface area contributed by atoms with Gasteiger partial charge in [-0.15, -0.1) is 0 Å². The molecule has 0 fully saturated rings. The van der Waals surface area contributed by atoms with Gasteiger partial charge in [-0.1, -0.05) is 17.4 Å². The molecule has 0 unspecified atom stereocenters. The molecule has 3 rings (SSSR count). The highest BCUT2D eigenvalue weighted by molar-refractivity contribution is 7.07. The number of H-pyrrole nitrogens is 1. The van der Waals surface area contributed by atoms with Crippen LogP contribution < -0.4 is 4.87 Å². The number of rotatable bonds is 1. The summed E-state index contributed by atoms with van der Waals surface area (Å²) in [6.45, 7) is 0. The molecule has 0 atom stereocenters. The molecule has 0 aliphatic rings. The Kier molecular flexibility index (Phi) is 1.94. The van der Waals surface area contributed by atoms with Crippen LogP contribution in [0.25, 0.3) is 22.3 Å². The molecule has 0 saturated heterocycles. The van der Waals surface area contributed by atoms with Crippen molar-refractivity contribution in [1.82, 2.24) is 14.5 Å². The van der Waals surface area contributed by atoms with Gasteiger partial charge in [0.05, 0.1) is 23.1 Å². The third kappa shape index (κ3) is 1.37. The molecule has 0 amide bonds. The SMILES string of the molecule is Cn1cnc2cc(-c3csc(=O)[nH]3)ccc21. The van der Waals surface area contributed by atoms with Crippen molar-refractivity contribution in [1.29, 1.82) is 0 Å². The maximum atomic E-state index is 11.1. The number of benzene rings is 1. The number of aryl methyl sites for hydroxylation is 1. The van der Waals surface area contributed by atoms with Crippen molar-refractivity contribution in [2.24, 2.45) is 7.05 Å². The van der Waals surface area contributed by atoms with Crippen LogP contribution in [0.3, 0.4) is 0 Å². The highest BCUT2D eigenvalue weighted by Crippen LogP contribution is 2.21. The van der Waals surface area contributed by atoms with Crippen LogP contribution in [0.5, 0.6) is 0 Å². The first-order valence-corrected chi connectivity index (χ1v) is 5.71. The van der Waals surface area contributed by atoms with Crippen LogP contribution in [0.15, 0.2) is 34.7 Å². The van der Waals surface area contributed by atoms with Crippen LogP contribution >= 0.6 is 11.3 Å². The minimum Gasteiger partial charge on any atom is -0.334 e. The molecule has 0 saturated carbocycles. The number of aromatic amines is 1. The van der Waals surface area contributed by atoms with Gasteiger partial charge in [0.25, 0.3) is 0 Å². The summed E-state index contributed by atoms with van der Waals surface area (Å²) >= 11 is 1.17. The van der Waals surface area contributed by atoms with Crippen LogP contribution in [0.4, 0.5) is 0 Å². The lowest BCUT2D eigenvalue weighted by atomic mass is 10.1. The second kappa shape index (κ2) is 3.31. The van der Waals surface area contributed by atoms with Gasteiger partial charge in [0.15, 0.2) is 0 Å². The standard InChI is InChI=1S/C11H9N3OS/c1-14-6-12-8-4-7(2-3-10(8)14)9-5-16-11(15)13-9/h2-6H,1H3,(H,13,15). The fourth-order valence-corrected chi connectivity index (χ4v) is 2.31. The molecule has 2 aromatic heterocycles. The van der Waals surface area contributed by atoms with Gasteiger partial charge in [0, 0.05) is 18.0 Å². The van der Waals surface area contributed by atoms with Crippen LogP contribution in [0.2, 0.25) is 0 Å². The Labute approximate surface area is 95.2 Å². The van der Waals surface area contributed by atoms with E-state index in [1.807, 2.05) is 35.2 Å². The van der Waals surface area contributed by atoms with Gasteiger partial charge in [-0.3, -0.25) is 4.79 Å². The van der Waals surface area contributed by atoms with Crippen LogP contribution in [-0.4, -0.2) is 14.5 Å². The quantitative estimate of drug-likeness (QED) is 0.696. The number of thiazole rings is 1. The second-order valence-corrected chi connectivity index (χ2v) is 4.46. The summed E-state index contributed by atoms with van der Waals surface area (Å²) in [5.41, 5.74) is 3.86. The lowest BCUT2D eigenvalue weighted by Gasteiger charge is -1.98. The predicted octanol–water partition coefficient (Wildman–Crippen LogP) is 1.99. The van der Waals surface area contributed by atoms with Gasteiger partial charge in [0.1, 0.15) is 0 Å². The number of fused-ring (bicyclic) bond motifs is 1. The second-order valence-electron chi connectivity index (χ2n) is 3.62. The normalized spacial score (nSPS) is 11.1. The van der Waals surface area contributed by atoms with E-state index < -0.39 is 0 Å². The molecule has 4 nitrogen and oxygen atoms in total. The molecule has 0 spiro atoms. The first-order valence-electron chi connectivity index (χ1n) is 4.83. The number of hydrogen-bond donors (Lipinski definition) is 1. The van der Waals surface area contributed by atoms with Gasteiger partial charge >= 0.3 is 4.87 Å². The predicted molar refractivity (Wildman–Crippen MR) is 64.6 cm³/mol. The van der Waals surface area contributed by atoms with Gasteiger partial charge in [-0.25, -0.2) is 4.98 Å². The van der Waals surface area contributed by atoms with Gasteiger partial charge in [0.2, 0.25) is 0 Å². The van der Waals surface area contributed by atoms with Gasteiger partial charge in [-0.05, 0) is 12.1 Å². The Morgan fingerprint density at radius 2 is 2.31 bits per heavy atom. The molecule has 2 heterocycles. The highest BCUT2D eigenvalue weighted by Gasteiger charge is 2.04. The maximum Gasteiger partial charge on any atom is 0.304 e. The smallest absolute Gasteiger partial charge is 0.304 e. The van der Waals surface area contributed by atoms with E-state index in [4.69, 9.17) is 0 Å². The fraction of sp³-hybridized carbons (Fsp3) is 0.0909. The third-order valence-corrected chi connectivity index (χ3v) is 3.23. The van der Waals surface area contributed by atoms with E-state index in [2.05, 4.69) is 9.97 Å². The van der Waals surface area contributed by atoms with Crippen LogP contribution in [0.1, 0.15) is 0 Å². The lowest BCUT2D eigenvalue weighted by Crippen LogP contribution is -1.92. The third-order valence-electron chi connectivity index (χ3n) is 2.56. The molecular formula is C11H9N3OS. The van der Waals surface area contributed by atoms with Crippen molar-refractivity contribution in [2.75, 3.05) is 0 Å². The van der Waals surface area contributed by atoms with E-state index in [-0.39, 0.29) is 4.87 Å². The highest BCUT2D eigenvalue weighted by atomic mass is 32.1. The number of nitrogens with one attached hydrogen (secondary N) is 1. The Hall–Kier alpha value is -1.88. The molecule has 1 N–H and O–H groups in total. The summed E-state index contributed by atoms with van der Waals surface area (Å²) in [5, 5.41) is 1.83. The van der Waals surface area contributed by atoms with E-state index in [0.717, 1.165) is 22.3 Å². The monoisotopic (exact) mass is 231 g/mol. The van der Waals surface area contributed by atoms with Crippen molar-refractivity contribution >= 4 is 22.4 Å². The molecule has 3 aromatic rings. The van der Waals surface area contributed by atoms with Crippen molar-refractivity contribution in [3.05, 3.63) is 39.6 Å². The summed E-state index contributed by atoms with van der Waals surface area (Å²) in [6, 6.07) is 5.98. The molecule has 0 aliphatic heterocycles. The first kappa shape index (κ1) is 9.35. The molecule has 0 radical (unpaired) electrons. The molecule has 5 heteroatoms. The summed E-state index contributed by atoms with van der Waals surface area (Å²) in [4.78, 5) is 18.1. The van der Waals surface area contributed by atoms with Crippen molar-refractivity contribution in [3.8, 4) is 11.3 Å².